The third-order valence-electron chi connectivity index (χ3n) is 4.78. The highest BCUT2D eigenvalue weighted by Gasteiger charge is 2.26. The van der Waals surface area contributed by atoms with E-state index in [2.05, 4.69) is 15.5 Å². The van der Waals surface area contributed by atoms with Crippen LogP contribution in [0.25, 0.3) is 11.4 Å². The van der Waals surface area contributed by atoms with Crippen LogP contribution in [0.2, 0.25) is 5.02 Å². The molecule has 9 nitrogen and oxygen atoms in total. The van der Waals surface area contributed by atoms with Crippen LogP contribution in [0.1, 0.15) is 24.4 Å². The second-order valence-corrected chi connectivity index (χ2v) is 7.18. The molecule has 0 fully saturated rings. The Labute approximate surface area is 169 Å². The minimum Gasteiger partial charge on any atom is -0.339 e. The molecule has 4 rings (SSSR count). The van der Waals surface area contributed by atoms with Crippen LogP contribution in [0.3, 0.4) is 0 Å². The van der Waals surface area contributed by atoms with Gasteiger partial charge in [-0.3, -0.25) is 18.7 Å². The van der Waals surface area contributed by atoms with Gasteiger partial charge in [0.25, 0.3) is 5.56 Å². The van der Waals surface area contributed by atoms with Gasteiger partial charge in [-0.1, -0.05) is 28.9 Å². The van der Waals surface area contributed by atoms with Gasteiger partial charge in [-0.05, 0) is 31.4 Å². The van der Waals surface area contributed by atoms with Crippen molar-refractivity contribution in [2.75, 3.05) is 5.32 Å². The van der Waals surface area contributed by atoms with Gasteiger partial charge in [-0.2, -0.15) is 4.98 Å². The molecule has 1 amide bonds. The quantitative estimate of drug-likeness (QED) is 0.697. The molecule has 0 spiro atoms. The van der Waals surface area contributed by atoms with Crippen molar-refractivity contribution in [1.29, 1.82) is 0 Å². The number of nitrogens with one attached hydrogen (secondary N) is 1. The number of amides is 1. The lowest BCUT2D eigenvalue weighted by atomic mass is 10.0. The van der Waals surface area contributed by atoms with E-state index in [1.54, 1.807) is 31.2 Å². The second-order valence-electron chi connectivity index (χ2n) is 6.77. The van der Waals surface area contributed by atoms with E-state index in [-0.39, 0.29) is 11.4 Å². The Bertz CT molecular complexity index is 1210. The lowest BCUT2D eigenvalue weighted by Gasteiger charge is -2.21. The molecule has 2 aromatic heterocycles. The van der Waals surface area contributed by atoms with E-state index in [0.717, 1.165) is 17.4 Å². The molecule has 0 bridgehead atoms. The molecule has 1 N–H and O–H groups in total. The SMILES string of the molecule is Cc1nc(-c2c3n(c(=O)n(CC(=O)Nc4ccccc4Cl)c2=O)CCCC3)no1. The summed E-state index contributed by atoms with van der Waals surface area (Å²) in [6.07, 6.45) is 2.21. The first-order valence-electron chi connectivity index (χ1n) is 9.17. The molecule has 10 heteroatoms. The van der Waals surface area contributed by atoms with Crippen molar-refractivity contribution in [1.82, 2.24) is 19.3 Å². The molecule has 0 saturated carbocycles. The number of halogens is 1. The van der Waals surface area contributed by atoms with Crippen LogP contribution in [-0.2, 0) is 24.3 Å². The van der Waals surface area contributed by atoms with Crippen LogP contribution in [0.4, 0.5) is 5.69 Å². The highest BCUT2D eigenvalue weighted by molar-refractivity contribution is 6.33. The molecule has 0 atom stereocenters. The first-order chi connectivity index (χ1) is 14.0. The topological polar surface area (TPSA) is 112 Å². The monoisotopic (exact) mass is 415 g/mol. The Morgan fingerprint density at radius 3 is 2.79 bits per heavy atom. The molecule has 1 aliphatic rings. The van der Waals surface area contributed by atoms with Gasteiger partial charge in [0.05, 0.1) is 10.7 Å². The molecular formula is C19H18ClN5O4. The number of para-hydroxylation sites is 1. The fourth-order valence-electron chi connectivity index (χ4n) is 3.46. The number of hydrogen-bond acceptors (Lipinski definition) is 6. The summed E-state index contributed by atoms with van der Waals surface area (Å²) >= 11 is 6.06. The zero-order valence-electron chi connectivity index (χ0n) is 15.6. The van der Waals surface area contributed by atoms with E-state index in [1.165, 1.54) is 4.57 Å². The van der Waals surface area contributed by atoms with Crippen LogP contribution >= 0.6 is 11.6 Å². The normalized spacial score (nSPS) is 13.2. The fraction of sp³-hybridized carbons (Fsp3) is 0.316. The average Bonchev–Trinajstić information content (AvgIpc) is 3.13. The van der Waals surface area contributed by atoms with E-state index in [0.29, 0.717) is 35.3 Å². The number of fused-ring (bicyclic) bond motifs is 1. The van der Waals surface area contributed by atoms with E-state index < -0.39 is 23.7 Å². The van der Waals surface area contributed by atoms with E-state index in [4.69, 9.17) is 16.1 Å². The van der Waals surface area contributed by atoms with Crippen molar-refractivity contribution in [3.8, 4) is 11.4 Å². The summed E-state index contributed by atoms with van der Waals surface area (Å²) in [5, 5.41) is 6.84. The number of benzene rings is 1. The van der Waals surface area contributed by atoms with Gasteiger partial charge in [0.2, 0.25) is 17.6 Å². The number of nitrogens with zero attached hydrogens (tertiary/aromatic N) is 4. The smallest absolute Gasteiger partial charge is 0.331 e. The third-order valence-corrected chi connectivity index (χ3v) is 5.11. The molecule has 1 aliphatic heterocycles. The van der Waals surface area contributed by atoms with Crippen molar-refractivity contribution >= 4 is 23.2 Å². The number of aryl methyl sites for hydroxylation is 1. The third kappa shape index (κ3) is 3.61. The predicted molar refractivity (Wildman–Crippen MR) is 106 cm³/mol. The minimum absolute atomic E-state index is 0.124. The summed E-state index contributed by atoms with van der Waals surface area (Å²) in [5.41, 5.74) is 0.0435. The second kappa shape index (κ2) is 7.67. The number of anilines is 1. The molecule has 0 unspecified atom stereocenters. The lowest BCUT2D eigenvalue weighted by molar-refractivity contribution is -0.116. The molecule has 150 valence electrons. The maximum atomic E-state index is 13.1. The van der Waals surface area contributed by atoms with E-state index >= 15 is 0 Å². The van der Waals surface area contributed by atoms with Gasteiger partial charge < -0.3 is 9.84 Å². The zero-order chi connectivity index (χ0) is 20.5. The molecular weight excluding hydrogens is 398 g/mol. The Morgan fingerprint density at radius 2 is 2.07 bits per heavy atom. The zero-order valence-corrected chi connectivity index (χ0v) is 16.4. The van der Waals surface area contributed by atoms with Gasteiger partial charge in [-0.25, -0.2) is 4.79 Å². The first-order valence-corrected chi connectivity index (χ1v) is 9.55. The van der Waals surface area contributed by atoms with Crippen LogP contribution in [0, 0.1) is 6.92 Å². The maximum absolute atomic E-state index is 13.1. The van der Waals surface area contributed by atoms with Crippen LogP contribution in [0.15, 0.2) is 38.4 Å². The number of rotatable bonds is 4. The highest BCUT2D eigenvalue weighted by Crippen LogP contribution is 2.22. The van der Waals surface area contributed by atoms with Crippen LogP contribution in [-0.4, -0.2) is 25.2 Å². The molecule has 0 aliphatic carbocycles. The molecule has 29 heavy (non-hydrogen) atoms. The van der Waals surface area contributed by atoms with Gasteiger partial charge >= 0.3 is 5.69 Å². The Morgan fingerprint density at radius 1 is 1.28 bits per heavy atom. The maximum Gasteiger partial charge on any atom is 0.331 e. The van der Waals surface area contributed by atoms with E-state index in [9.17, 15) is 14.4 Å². The van der Waals surface area contributed by atoms with Crippen molar-refractivity contribution in [2.24, 2.45) is 0 Å². The van der Waals surface area contributed by atoms with Crippen molar-refractivity contribution in [3.63, 3.8) is 0 Å². The fourth-order valence-corrected chi connectivity index (χ4v) is 3.64. The summed E-state index contributed by atoms with van der Waals surface area (Å²) in [7, 11) is 0. The van der Waals surface area contributed by atoms with Crippen molar-refractivity contribution < 1.29 is 9.32 Å². The highest BCUT2D eigenvalue weighted by atomic mass is 35.5. The number of carbonyl (C=O) groups is 1. The number of carbonyl (C=O) groups excluding carboxylic acids is 1. The van der Waals surface area contributed by atoms with Gasteiger partial charge in [-0.15, -0.1) is 0 Å². The Kier molecular flexibility index (Phi) is 5.06. The predicted octanol–water partition coefficient (Wildman–Crippen LogP) is 2.00. The molecule has 1 aromatic carbocycles. The van der Waals surface area contributed by atoms with Gasteiger partial charge in [0.1, 0.15) is 12.1 Å². The summed E-state index contributed by atoms with van der Waals surface area (Å²) < 4.78 is 7.45. The summed E-state index contributed by atoms with van der Waals surface area (Å²) in [6.45, 7) is 1.63. The molecule has 0 radical (unpaired) electrons. The number of hydrogen-bond donors (Lipinski definition) is 1. The molecule has 3 heterocycles. The average molecular weight is 416 g/mol. The standard InChI is InChI=1S/C19H18ClN5O4/c1-11-21-17(23-29-11)16-14-8-4-5-9-24(14)19(28)25(18(16)27)10-15(26)22-13-7-3-2-6-12(13)20/h2-3,6-7H,4-5,8-10H2,1H3,(H,22,26). The molecule has 3 aromatic rings. The van der Waals surface area contributed by atoms with Crippen LogP contribution in [0.5, 0.6) is 0 Å². The molecule has 0 saturated heterocycles. The Balaban J connectivity index is 1.77. The van der Waals surface area contributed by atoms with Crippen molar-refractivity contribution in [3.05, 3.63) is 61.7 Å². The Hall–Kier alpha value is -3.20. The van der Waals surface area contributed by atoms with Crippen LogP contribution < -0.4 is 16.6 Å². The lowest BCUT2D eigenvalue weighted by Crippen LogP contribution is -2.45. The minimum atomic E-state index is -0.613. The summed E-state index contributed by atoms with van der Waals surface area (Å²) in [4.78, 5) is 42.8. The number of aromatic nitrogens is 4. The van der Waals surface area contributed by atoms with E-state index in [1.807, 2.05) is 0 Å². The van der Waals surface area contributed by atoms with Crippen molar-refractivity contribution in [2.45, 2.75) is 39.3 Å². The summed E-state index contributed by atoms with van der Waals surface area (Å²) in [5.74, 6) is -0.106. The summed E-state index contributed by atoms with van der Waals surface area (Å²) in [6, 6.07) is 6.72. The van der Waals surface area contributed by atoms with Gasteiger partial charge in [0, 0.05) is 19.2 Å². The van der Waals surface area contributed by atoms with Gasteiger partial charge in [0.15, 0.2) is 0 Å². The largest absolute Gasteiger partial charge is 0.339 e. The first kappa shape index (κ1) is 19.1.